The number of nitrogens with zero attached hydrogens (tertiary/aromatic N) is 5. The summed E-state index contributed by atoms with van der Waals surface area (Å²) in [4.78, 5) is 22.2. The zero-order valence-corrected chi connectivity index (χ0v) is 15.3. The minimum absolute atomic E-state index is 0.000347. The van der Waals surface area contributed by atoms with Gasteiger partial charge in [0.2, 0.25) is 0 Å². The highest BCUT2D eigenvalue weighted by atomic mass is 16.2. The predicted molar refractivity (Wildman–Crippen MR) is 103 cm³/mol. The van der Waals surface area contributed by atoms with Gasteiger partial charge in [0.15, 0.2) is 0 Å². The number of pyridine rings is 1. The Balaban J connectivity index is 1.41. The minimum atomic E-state index is -0.000347. The van der Waals surface area contributed by atoms with Crippen LogP contribution < -0.4 is 0 Å². The van der Waals surface area contributed by atoms with Gasteiger partial charge in [-0.1, -0.05) is 24.3 Å². The van der Waals surface area contributed by atoms with Gasteiger partial charge in [-0.3, -0.25) is 9.48 Å². The molecule has 27 heavy (non-hydrogen) atoms. The summed E-state index contributed by atoms with van der Waals surface area (Å²) in [6.45, 7) is 4.51. The van der Waals surface area contributed by atoms with Gasteiger partial charge >= 0.3 is 0 Å². The van der Waals surface area contributed by atoms with Crippen molar-refractivity contribution in [3.05, 3.63) is 60.0 Å². The fraction of sp³-hybridized carbons (Fsp3) is 0.381. The summed E-state index contributed by atoms with van der Waals surface area (Å²) in [5.41, 5.74) is 2.47. The van der Waals surface area contributed by atoms with E-state index in [1.165, 1.54) is 12.8 Å². The molecule has 138 valence electrons. The van der Waals surface area contributed by atoms with E-state index < -0.39 is 0 Å². The van der Waals surface area contributed by atoms with E-state index in [0.29, 0.717) is 18.8 Å². The van der Waals surface area contributed by atoms with E-state index in [1.807, 2.05) is 53.6 Å². The van der Waals surface area contributed by atoms with Crippen LogP contribution in [0.3, 0.4) is 0 Å². The summed E-state index contributed by atoms with van der Waals surface area (Å²) in [5, 5.41) is 5.58. The molecule has 1 fully saturated rings. The van der Waals surface area contributed by atoms with Crippen LogP contribution in [-0.2, 0) is 6.54 Å². The number of carbonyl (C=O) groups is 1. The maximum absolute atomic E-state index is 13.2. The van der Waals surface area contributed by atoms with Gasteiger partial charge in [-0.05, 0) is 44.1 Å². The van der Waals surface area contributed by atoms with E-state index in [2.05, 4.69) is 19.7 Å². The second kappa shape index (κ2) is 6.78. The first kappa shape index (κ1) is 16.4. The molecule has 6 nitrogen and oxygen atoms in total. The van der Waals surface area contributed by atoms with E-state index in [1.54, 1.807) is 0 Å². The largest absolute Gasteiger partial charge is 0.329 e. The Morgan fingerprint density at radius 3 is 2.81 bits per heavy atom. The molecule has 0 N–H and O–H groups in total. The number of aromatic nitrogens is 3. The number of likely N-dealkylation sites (tertiary alicyclic amines) is 1. The van der Waals surface area contributed by atoms with Crippen molar-refractivity contribution in [3.63, 3.8) is 0 Å². The molecule has 1 saturated heterocycles. The number of amides is 1. The molecule has 4 heterocycles. The molecule has 1 atom stereocenters. The molecule has 6 heteroatoms. The molecule has 0 saturated carbocycles. The van der Waals surface area contributed by atoms with Gasteiger partial charge in [0.1, 0.15) is 5.69 Å². The van der Waals surface area contributed by atoms with Crippen molar-refractivity contribution in [1.29, 1.82) is 0 Å². The van der Waals surface area contributed by atoms with Crippen molar-refractivity contribution >= 4 is 16.8 Å². The van der Waals surface area contributed by atoms with Crippen LogP contribution in [0.4, 0.5) is 0 Å². The molecule has 0 spiro atoms. The summed E-state index contributed by atoms with van der Waals surface area (Å²) in [6.07, 6.45) is 4.37. The fourth-order valence-corrected chi connectivity index (χ4v) is 4.29. The van der Waals surface area contributed by atoms with Crippen LogP contribution in [0, 0.1) is 0 Å². The molecule has 0 radical (unpaired) electrons. The Bertz CT molecular complexity index is 975. The number of benzene rings is 1. The number of carbonyl (C=O) groups excluding carboxylic acids is 1. The molecule has 2 aliphatic heterocycles. The molecular weight excluding hydrogens is 338 g/mol. The summed E-state index contributed by atoms with van der Waals surface area (Å²) >= 11 is 0. The normalized spacial score (nSPS) is 20.1. The van der Waals surface area contributed by atoms with Crippen molar-refractivity contribution in [2.45, 2.75) is 25.4 Å². The van der Waals surface area contributed by atoms with Crippen LogP contribution in [0.15, 0.2) is 48.7 Å². The van der Waals surface area contributed by atoms with Crippen LogP contribution in [0.5, 0.6) is 0 Å². The van der Waals surface area contributed by atoms with Crippen LogP contribution in [0.2, 0.25) is 0 Å². The van der Waals surface area contributed by atoms with E-state index in [4.69, 9.17) is 0 Å². The molecule has 2 aromatic heterocycles. The molecule has 1 amide bonds. The monoisotopic (exact) mass is 361 g/mol. The Hall–Kier alpha value is -2.73. The minimum Gasteiger partial charge on any atom is -0.329 e. The summed E-state index contributed by atoms with van der Waals surface area (Å²) in [7, 11) is 0. The zero-order valence-electron chi connectivity index (χ0n) is 15.3. The van der Waals surface area contributed by atoms with E-state index in [9.17, 15) is 4.79 Å². The number of para-hydroxylation sites is 1. The number of fused-ring (bicyclic) bond motifs is 2. The lowest BCUT2D eigenvalue weighted by molar-refractivity contribution is 0.0641. The van der Waals surface area contributed by atoms with Gasteiger partial charge in [-0.2, -0.15) is 5.10 Å². The van der Waals surface area contributed by atoms with E-state index in [-0.39, 0.29) is 11.9 Å². The molecule has 5 rings (SSSR count). The van der Waals surface area contributed by atoms with Crippen LogP contribution >= 0.6 is 0 Å². The van der Waals surface area contributed by atoms with Gasteiger partial charge < -0.3 is 9.80 Å². The first-order valence-electron chi connectivity index (χ1n) is 9.68. The molecule has 3 aromatic rings. The SMILES string of the molecule is O=C(c1ccc2ccccc2n1)N1Cc2ccnn2[C@H](CN2CCCC2)C1. The van der Waals surface area contributed by atoms with Crippen molar-refractivity contribution in [2.24, 2.45) is 0 Å². The third-order valence-electron chi connectivity index (χ3n) is 5.65. The lowest BCUT2D eigenvalue weighted by Crippen LogP contribution is -2.45. The van der Waals surface area contributed by atoms with Crippen LogP contribution in [-0.4, -0.2) is 56.7 Å². The predicted octanol–water partition coefficient (Wildman–Crippen LogP) is 2.72. The summed E-state index contributed by atoms with van der Waals surface area (Å²) < 4.78 is 2.11. The molecule has 0 bridgehead atoms. The van der Waals surface area contributed by atoms with Gasteiger partial charge in [-0.15, -0.1) is 0 Å². The third kappa shape index (κ3) is 3.10. The highest BCUT2D eigenvalue weighted by Gasteiger charge is 2.31. The van der Waals surface area contributed by atoms with Crippen molar-refractivity contribution in [2.75, 3.05) is 26.2 Å². The number of rotatable bonds is 3. The molecular formula is C21H23N5O. The summed E-state index contributed by atoms with van der Waals surface area (Å²) in [5.74, 6) is -0.000347. The fourth-order valence-electron chi connectivity index (χ4n) is 4.29. The average Bonchev–Trinajstić information content (AvgIpc) is 3.38. The Morgan fingerprint density at radius 1 is 1.07 bits per heavy atom. The zero-order chi connectivity index (χ0) is 18.2. The lowest BCUT2D eigenvalue weighted by atomic mass is 10.1. The Labute approximate surface area is 158 Å². The number of hydrogen-bond donors (Lipinski definition) is 0. The lowest BCUT2D eigenvalue weighted by Gasteiger charge is -2.35. The maximum atomic E-state index is 13.2. The van der Waals surface area contributed by atoms with E-state index in [0.717, 1.165) is 36.2 Å². The van der Waals surface area contributed by atoms with Crippen LogP contribution in [0.1, 0.15) is 35.1 Å². The molecule has 0 aliphatic carbocycles. The van der Waals surface area contributed by atoms with Crippen LogP contribution in [0.25, 0.3) is 10.9 Å². The van der Waals surface area contributed by atoms with Gasteiger partial charge in [0.05, 0.1) is 23.8 Å². The third-order valence-corrected chi connectivity index (χ3v) is 5.65. The first-order chi connectivity index (χ1) is 13.3. The molecule has 2 aliphatic rings. The smallest absolute Gasteiger partial charge is 0.272 e. The van der Waals surface area contributed by atoms with Crippen molar-refractivity contribution in [3.8, 4) is 0 Å². The standard InChI is InChI=1S/C21H23N5O/c27-21(20-8-7-16-5-1-2-6-19(16)23-20)25-14-17-9-10-22-26(17)18(15-25)13-24-11-3-4-12-24/h1-2,5-10,18H,3-4,11-15H2/t18-/m1/s1. The Morgan fingerprint density at radius 2 is 1.93 bits per heavy atom. The van der Waals surface area contributed by atoms with Gasteiger partial charge in [-0.25, -0.2) is 4.98 Å². The first-order valence-corrected chi connectivity index (χ1v) is 9.68. The van der Waals surface area contributed by atoms with E-state index >= 15 is 0 Å². The second-order valence-corrected chi connectivity index (χ2v) is 7.50. The highest BCUT2D eigenvalue weighted by Crippen LogP contribution is 2.24. The highest BCUT2D eigenvalue weighted by molar-refractivity contribution is 5.95. The van der Waals surface area contributed by atoms with Gasteiger partial charge in [0.25, 0.3) is 5.91 Å². The van der Waals surface area contributed by atoms with Crippen molar-refractivity contribution in [1.82, 2.24) is 24.6 Å². The maximum Gasteiger partial charge on any atom is 0.272 e. The van der Waals surface area contributed by atoms with Gasteiger partial charge in [0, 0.05) is 24.7 Å². The quantitative estimate of drug-likeness (QED) is 0.720. The average molecular weight is 361 g/mol. The molecule has 1 aromatic carbocycles. The van der Waals surface area contributed by atoms with Crippen molar-refractivity contribution < 1.29 is 4.79 Å². The Kier molecular flexibility index (Phi) is 4.13. The second-order valence-electron chi connectivity index (χ2n) is 7.50. The number of hydrogen-bond acceptors (Lipinski definition) is 4. The summed E-state index contributed by atoms with van der Waals surface area (Å²) in [6, 6.07) is 13.9. The topological polar surface area (TPSA) is 54.3 Å². The molecule has 0 unspecified atom stereocenters.